The van der Waals surface area contributed by atoms with Gasteiger partial charge in [-0.3, -0.25) is 0 Å². The molecule has 0 saturated heterocycles. The predicted octanol–water partition coefficient (Wildman–Crippen LogP) is 1.62. The fourth-order valence-electron chi connectivity index (χ4n) is 0.395. The van der Waals surface area contributed by atoms with Crippen LogP contribution < -0.4 is 0 Å². The predicted molar refractivity (Wildman–Crippen MR) is 32.0 cm³/mol. The van der Waals surface area contributed by atoms with Gasteiger partial charge in [-0.2, -0.15) is 12.3 Å². The Balaban J connectivity index is 0. The Labute approximate surface area is 65.2 Å². The second-order valence-corrected chi connectivity index (χ2v) is 1.38. The molecule has 0 radical (unpaired) electrons. The van der Waals surface area contributed by atoms with Crippen molar-refractivity contribution in [2.24, 2.45) is 4.99 Å². The maximum Gasteiger partial charge on any atom is 2.00 e. The van der Waals surface area contributed by atoms with Crippen LogP contribution in [0.1, 0.15) is 13.3 Å². The molecule has 0 aromatic heterocycles. The minimum atomic E-state index is 0. The maximum atomic E-state index is 3.85. The quantitative estimate of drug-likeness (QED) is 0.597. The van der Waals surface area contributed by atoms with E-state index in [1.165, 1.54) is 0 Å². The van der Waals surface area contributed by atoms with Crippen LogP contribution in [-0.4, -0.2) is 5.71 Å². The Morgan fingerprint density at radius 2 is 2.38 bits per heavy atom. The van der Waals surface area contributed by atoms with Crippen molar-refractivity contribution in [2.45, 2.75) is 13.3 Å². The Morgan fingerprint density at radius 3 is 2.50 bits per heavy atom. The van der Waals surface area contributed by atoms with Crippen LogP contribution in [0.25, 0.3) is 0 Å². The van der Waals surface area contributed by atoms with Gasteiger partial charge in [0.15, 0.2) is 0 Å². The monoisotopic (exact) mass is 279 g/mol. The van der Waals surface area contributed by atoms with Crippen molar-refractivity contribution in [3.63, 3.8) is 0 Å². The summed E-state index contributed by atoms with van der Waals surface area (Å²) >= 11 is 0. The molecule has 1 nitrogen and oxygen atoms in total. The van der Waals surface area contributed by atoms with Gasteiger partial charge in [0.2, 0.25) is 0 Å². The molecule has 0 N–H and O–H groups in total. The third-order valence-electron chi connectivity index (χ3n) is 0.744. The Morgan fingerprint density at radius 1 is 1.75 bits per heavy atom. The Hall–Kier alpha value is 0.0983. The standard InChI is InChI=1S/C5H6N.CH3.W/c1-5-3-2-4-6-5;;/h2H,3H2,1H3;1H3;/q2*-1;+2. The first-order valence-electron chi connectivity index (χ1n) is 2.00. The summed E-state index contributed by atoms with van der Waals surface area (Å²) in [6.07, 6.45) is 5.66. The van der Waals surface area contributed by atoms with Crippen LogP contribution in [0.3, 0.4) is 0 Å². The molecule has 0 bridgehead atoms. The van der Waals surface area contributed by atoms with E-state index in [1.54, 1.807) is 0 Å². The summed E-state index contributed by atoms with van der Waals surface area (Å²) < 4.78 is 0. The van der Waals surface area contributed by atoms with Gasteiger partial charge in [-0.15, -0.1) is 5.71 Å². The molecule has 0 atom stereocenters. The summed E-state index contributed by atoms with van der Waals surface area (Å²) in [5.74, 6) is 0. The molecule has 1 aliphatic rings. The molecule has 8 heavy (non-hydrogen) atoms. The summed E-state index contributed by atoms with van der Waals surface area (Å²) in [4.78, 5) is 3.85. The third-order valence-corrected chi connectivity index (χ3v) is 0.744. The van der Waals surface area contributed by atoms with Crippen LogP contribution in [0.4, 0.5) is 0 Å². The molecule has 1 aliphatic heterocycles. The van der Waals surface area contributed by atoms with Gasteiger partial charge in [0.25, 0.3) is 0 Å². The zero-order valence-electron chi connectivity index (χ0n) is 5.14. The summed E-state index contributed by atoms with van der Waals surface area (Å²) in [5.41, 5.74) is 1.16. The molecule has 0 aliphatic carbocycles. The van der Waals surface area contributed by atoms with E-state index in [9.17, 15) is 0 Å². The van der Waals surface area contributed by atoms with E-state index in [-0.39, 0.29) is 28.5 Å². The number of nitrogens with zero attached hydrogens (tertiary/aromatic N) is 1. The first-order chi connectivity index (χ1) is 2.89. The number of aliphatic imine (C=N–C) groups is 1. The summed E-state index contributed by atoms with van der Waals surface area (Å²) in [7, 11) is 0. The van der Waals surface area contributed by atoms with Crippen molar-refractivity contribution in [1.82, 2.24) is 0 Å². The summed E-state index contributed by atoms with van der Waals surface area (Å²) in [6, 6.07) is 0. The number of allylic oxidation sites excluding steroid dienone is 1. The number of rotatable bonds is 0. The smallest absolute Gasteiger partial charge is 0.460 e. The summed E-state index contributed by atoms with van der Waals surface area (Å²) in [6.45, 7) is 2.00. The first-order valence-corrected chi connectivity index (χ1v) is 2.00. The molecule has 0 saturated carbocycles. The maximum absolute atomic E-state index is 3.85. The third kappa shape index (κ3) is 3.15. The topological polar surface area (TPSA) is 12.4 Å². The van der Waals surface area contributed by atoms with E-state index in [1.807, 2.05) is 13.0 Å². The molecule has 0 aromatic rings. The average molecular weight is 279 g/mol. The zero-order valence-corrected chi connectivity index (χ0v) is 8.07. The summed E-state index contributed by atoms with van der Waals surface area (Å²) in [5, 5.41) is 0. The van der Waals surface area contributed by atoms with Gasteiger partial charge < -0.3 is 12.4 Å². The van der Waals surface area contributed by atoms with E-state index in [4.69, 9.17) is 0 Å². The Bertz CT molecular complexity index is 105. The molecular formula is C6H9NW. The van der Waals surface area contributed by atoms with E-state index >= 15 is 0 Å². The van der Waals surface area contributed by atoms with Crippen LogP contribution in [0.5, 0.6) is 0 Å². The van der Waals surface area contributed by atoms with Crippen LogP contribution in [0, 0.1) is 13.6 Å². The van der Waals surface area contributed by atoms with Crippen molar-refractivity contribution in [2.75, 3.05) is 0 Å². The molecule has 44 valence electrons. The average Bonchev–Trinajstić information content (AvgIpc) is 1.86. The molecule has 1 heterocycles. The van der Waals surface area contributed by atoms with Crippen molar-refractivity contribution >= 4 is 5.71 Å². The Kier molecular flexibility index (Phi) is 7.19. The van der Waals surface area contributed by atoms with Gasteiger partial charge in [0.05, 0.1) is 0 Å². The first kappa shape index (κ1) is 11.0. The van der Waals surface area contributed by atoms with Gasteiger partial charge in [0.1, 0.15) is 0 Å². The second kappa shape index (κ2) is 5.24. The fourth-order valence-corrected chi connectivity index (χ4v) is 0.395. The van der Waals surface area contributed by atoms with Crippen molar-refractivity contribution in [3.05, 3.63) is 19.7 Å². The van der Waals surface area contributed by atoms with Crippen molar-refractivity contribution in [3.8, 4) is 0 Å². The van der Waals surface area contributed by atoms with E-state index in [0.717, 1.165) is 12.1 Å². The van der Waals surface area contributed by atoms with Crippen LogP contribution in [-0.2, 0) is 21.1 Å². The van der Waals surface area contributed by atoms with Crippen molar-refractivity contribution in [1.29, 1.82) is 0 Å². The zero-order chi connectivity index (χ0) is 4.41. The molecule has 0 aromatic carbocycles. The van der Waals surface area contributed by atoms with E-state index in [2.05, 4.69) is 11.2 Å². The molecule has 2 heteroatoms. The van der Waals surface area contributed by atoms with Crippen LogP contribution in [0.15, 0.2) is 11.1 Å². The minimum absolute atomic E-state index is 0. The molecule has 0 spiro atoms. The molecule has 0 amide bonds. The molecule has 0 unspecified atom stereocenters. The largest absolute Gasteiger partial charge is 2.00 e. The van der Waals surface area contributed by atoms with Gasteiger partial charge in [-0.1, -0.05) is 13.3 Å². The molecule has 0 fully saturated rings. The SMILES string of the molecule is CC1=N[C-]=CC1.[CH3-].[W+2]. The van der Waals surface area contributed by atoms with Gasteiger partial charge in [-0.05, 0) is 0 Å². The number of hydrogen-bond donors (Lipinski definition) is 0. The fraction of sp³-hybridized carbons (Fsp3) is 0.333. The normalized spacial score (nSPS) is 13.9. The molecule has 1 rings (SSSR count). The van der Waals surface area contributed by atoms with Crippen molar-refractivity contribution < 1.29 is 21.1 Å². The van der Waals surface area contributed by atoms with Gasteiger partial charge in [-0.25, -0.2) is 0 Å². The van der Waals surface area contributed by atoms with Gasteiger partial charge in [0, 0.05) is 0 Å². The molecular weight excluding hydrogens is 270 g/mol. The van der Waals surface area contributed by atoms with E-state index in [0.29, 0.717) is 0 Å². The minimum Gasteiger partial charge on any atom is -0.460 e. The second-order valence-electron chi connectivity index (χ2n) is 1.38. The number of hydrogen-bond acceptors (Lipinski definition) is 1. The van der Waals surface area contributed by atoms with Crippen LogP contribution in [0.2, 0.25) is 0 Å². The van der Waals surface area contributed by atoms with E-state index < -0.39 is 0 Å². The van der Waals surface area contributed by atoms with Crippen LogP contribution >= 0.6 is 0 Å². The van der Waals surface area contributed by atoms with Gasteiger partial charge >= 0.3 is 21.1 Å².